The third-order valence-electron chi connectivity index (χ3n) is 3.43. The Kier molecular flexibility index (Phi) is 3.87. The zero-order valence-electron chi connectivity index (χ0n) is 11.4. The number of amides is 1. The van der Waals surface area contributed by atoms with Gasteiger partial charge in [0.2, 0.25) is 5.91 Å². The van der Waals surface area contributed by atoms with Crippen molar-refractivity contribution in [2.24, 2.45) is 0 Å². The first-order chi connectivity index (χ1) is 10.5. The topological polar surface area (TPSA) is 20.3 Å². The van der Waals surface area contributed by atoms with Gasteiger partial charge in [0.1, 0.15) is 5.37 Å². The van der Waals surface area contributed by atoms with E-state index in [1.165, 1.54) is 28.8 Å². The molecule has 0 radical (unpaired) electrons. The molecule has 2 aromatic rings. The Hall–Kier alpha value is -1.95. The van der Waals surface area contributed by atoms with E-state index in [0.29, 0.717) is 5.69 Å². The van der Waals surface area contributed by atoms with Gasteiger partial charge in [-0.2, -0.15) is 13.2 Å². The van der Waals surface area contributed by atoms with Crippen molar-refractivity contribution in [3.63, 3.8) is 0 Å². The average Bonchev–Trinajstić information content (AvgIpc) is 2.89. The van der Waals surface area contributed by atoms with Crippen molar-refractivity contribution in [3.05, 3.63) is 65.7 Å². The second-order valence-corrected chi connectivity index (χ2v) is 5.92. The van der Waals surface area contributed by atoms with Gasteiger partial charge in [0.15, 0.2) is 0 Å². The predicted molar refractivity (Wildman–Crippen MR) is 80.6 cm³/mol. The summed E-state index contributed by atoms with van der Waals surface area (Å²) in [6.45, 7) is 0. The number of hydrogen-bond acceptors (Lipinski definition) is 2. The van der Waals surface area contributed by atoms with Crippen molar-refractivity contribution in [3.8, 4) is 0 Å². The molecule has 0 saturated carbocycles. The predicted octanol–water partition coefficient (Wildman–Crippen LogP) is 4.48. The number of hydrogen-bond donors (Lipinski definition) is 0. The van der Waals surface area contributed by atoms with Crippen LogP contribution in [0.4, 0.5) is 18.9 Å². The number of benzene rings is 2. The normalized spacial score (nSPS) is 18.8. The van der Waals surface area contributed by atoms with Crippen molar-refractivity contribution in [2.75, 3.05) is 10.7 Å². The Bertz CT molecular complexity index is 687. The molecule has 0 aromatic heterocycles. The number of rotatable bonds is 2. The summed E-state index contributed by atoms with van der Waals surface area (Å²) in [7, 11) is 0. The molecular weight excluding hydrogens is 311 g/mol. The summed E-state index contributed by atoms with van der Waals surface area (Å²) < 4.78 is 39.6. The Morgan fingerprint density at radius 1 is 1.00 bits per heavy atom. The van der Waals surface area contributed by atoms with E-state index >= 15 is 0 Å². The van der Waals surface area contributed by atoms with Gasteiger partial charge in [-0.1, -0.05) is 36.4 Å². The van der Waals surface area contributed by atoms with E-state index < -0.39 is 17.1 Å². The lowest BCUT2D eigenvalue weighted by Crippen LogP contribution is -2.29. The smallest absolute Gasteiger partial charge is 0.295 e. The van der Waals surface area contributed by atoms with Gasteiger partial charge in [0.05, 0.1) is 11.3 Å². The molecule has 0 N–H and O–H groups in total. The van der Waals surface area contributed by atoms with Crippen LogP contribution in [0.25, 0.3) is 0 Å². The number of alkyl halides is 3. The van der Waals surface area contributed by atoms with E-state index in [1.807, 2.05) is 0 Å². The SMILES string of the molecule is O=C1CS[C@H](c2ccccc2C(F)(F)F)N1c1ccccc1. The molecule has 3 rings (SSSR count). The highest BCUT2D eigenvalue weighted by Gasteiger charge is 2.40. The third-order valence-corrected chi connectivity index (χ3v) is 4.63. The van der Waals surface area contributed by atoms with E-state index in [4.69, 9.17) is 0 Å². The number of nitrogens with zero attached hydrogens (tertiary/aromatic N) is 1. The Morgan fingerprint density at radius 3 is 2.32 bits per heavy atom. The van der Waals surface area contributed by atoms with Crippen LogP contribution < -0.4 is 4.90 Å². The van der Waals surface area contributed by atoms with Crippen molar-refractivity contribution in [1.29, 1.82) is 0 Å². The largest absolute Gasteiger partial charge is 0.416 e. The third kappa shape index (κ3) is 2.70. The van der Waals surface area contributed by atoms with Crippen LogP contribution in [-0.2, 0) is 11.0 Å². The number of carbonyl (C=O) groups excluding carboxylic acids is 1. The molecule has 0 unspecified atom stereocenters. The highest BCUT2D eigenvalue weighted by atomic mass is 32.2. The fourth-order valence-corrected chi connectivity index (χ4v) is 3.71. The van der Waals surface area contributed by atoms with E-state index in [1.54, 1.807) is 36.4 Å². The number of thioether (sulfide) groups is 1. The van der Waals surface area contributed by atoms with Gasteiger partial charge in [-0.15, -0.1) is 11.8 Å². The summed E-state index contributed by atoms with van der Waals surface area (Å²) in [4.78, 5) is 13.6. The molecule has 1 fully saturated rings. The molecule has 1 aliphatic rings. The number of anilines is 1. The Labute approximate surface area is 129 Å². The fourth-order valence-electron chi connectivity index (χ4n) is 2.49. The van der Waals surface area contributed by atoms with E-state index in [-0.39, 0.29) is 17.2 Å². The Morgan fingerprint density at radius 2 is 1.64 bits per heavy atom. The van der Waals surface area contributed by atoms with Crippen molar-refractivity contribution in [1.82, 2.24) is 0 Å². The maximum absolute atomic E-state index is 13.2. The van der Waals surface area contributed by atoms with Crippen molar-refractivity contribution >= 4 is 23.4 Å². The molecule has 114 valence electrons. The molecule has 2 nitrogen and oxygen atoms in total. The van der Waals surface area contributed by atoms with E-state index in [0.717, 1.165) is 6.07 Å². The van der Waals surface area contributed by atoms with Gasteiger partial charge in [0.25, 0.3) is 0 Å². The molecule has 0 spiro atoms. The number of para-hydroxylation sites is 1. The second-order valence-electron chi connectivity index (χ2n) is 4.85. The van der Waals surface area contributed by atoms with Crippen LogP contribution >= 0.6 is 11.8 Å². The highest BCUT2D eigenvalue weighted by molar-refractivity contribution is 8.00. The molecule has 1 saturated heterocycles. The summed E-state index contributed by atoms with van der Waals surface area (Å²) in [5, 5.41) is -0.660. The van der Waals surface area contributed by atoms with Gasteiger partial charge in [-0.05, 0) is 23.8 Å². The number of halogens is 3. The standard InChI is InChI=1S/C16H12F3NOS/c17-16(18,19)13-9-5-4-8-12(13)15-20(14(21)10-22-15)11-6-2-1-3-7-11/h1-9,15H,10H2/t15-/m1/s1. The first-order valence-corrected chi connectivity index (χ1v) is 7.68. The van der Waals surface area contributed by atoms with Crippen LogP contribution in [0.5, 0.6) is 0 Å². The molecule has 1 aliphatic heterocycles. The minimum atomic E-state index is -4.44. The van der Waals surface area contributed by atoms with E-state index in [2.05, 4.69) is 0 Å². The Balaban J connectivity index is 2.07. The van der Waals surface area contributed by atoms with Crippen LogP contribution in [0, 0.1) is 0 Å². The highest BCUT2D eigenvalue weighted by Crippen LogP contribution is 2.45. The lowest BCUT2D eigenvalue weighted by molar-refractivity contribution is -0.138. The molecule has 6 heteroatoms. The summed E-state index contributed by atoms with van der Waals surface area (Å²) in [6.07, 6.45) is -4.44. The summed E-state index contributed by atoms with van der Waals surface area (Å²) in [5.74, 6) is -0.00987. The molecule has 0 aliphatic carbocycles. The first kappa shape index (κ1) is 15.0. The van der Waals surface area contributed by atoms with Crippen LogP contribution in [0.3, 0.4) is 0 Å². The minimum absolute atomic E-state index is 0.120. The van der Waals surface area contributed by atoms with Crippen LogP contribution in [-0.4, -0.2) is 11.7 Å². The maximum atomic E-state index is 13.2. The first-order valence-electron chi connectivity index (χ1n) is 6.63. The van der Waals surface area contributed by atoms with Crippen molar-refractivity contribution in [2.45, 2.75) is 11.6 Å². The summed E-state index contributed by atoms with van der Waals surface area (Å²) >= 11 is 1.21. The van der Waals surface area contributed by atoms with Gasteiger partial charge in [-0.3, -0.25) is 9.69 Å². The van der Waals surface area contributed by atoms with E-state index in [9.17, 15) is 18.0 Å². The van der Waals surface area contributed by atoms with Gasteiger partial charge >= 0.3 is 6.18 Å². The van der Waals surface area contributed by atoms with Crippen LogP contribution in [0.15, 0.2) is 54.6 Å². The lowest BCUT2D eigenvalue weighted by atomic mass is 10.1. The second kappa shape index (κ2) is 5.68. The average molecular weight is 323 g/mol. The molecule has 22 heavy (non-hydrogen) atoms. The zero-order valence-corrected chi connectivity index (χ0v) is 12.2. The van der Waals surface area contributed by atoms with Crippen LogP contribution in [0.2, 0.25) is 0 Å². The molecule has 0 bridgehead atoms. The number of carbonyl (C=O) groups is 1. The lowest BCUT2D eigenvalue weighted by Gasteiger charge is -2.26. The fraction of sp³-hybridized carbons (Fsp3) is 0.188. The zero-order chi connectivity index (χ0) is 15.7. The molecule has 1 amide bonds. The maximum Gasteiger partial charge on any atom is 0.416 e. The van der Waals surface area contributed by atoms with Gasteiger partial charge < -0.3 is 0 Å². The molecule has 2 aromatic carbocycles. The van der Waals surface area contributed by atoms with Crippen LogP contribution in [0.1, 0.15) is 16.5 Å². The molecule has 1 atom stereocenters. The molecule has 1 heterocycles. The van der Waals surface area contributed by atoms with Gasteiger partial charge in [0, 0.05) is 5.69 Å². The monoisotopic (exact) mass is 323 g/mol. The molecular formula is C16H12F3NOS. The summed E-state index contributed by atoms with van der Waals surface area (Å²) in [5.41, 5.74) is 0.0392. The van der Waals surface area contributed by atoms with Crippen molar-refractivity contribution < 1.29 is 18.0 Å². The minimum Gasteiger partial charge on any atom is -0.295 e. The quantitative estimate of drug-likeness (QED) is 0.812. The summed E-state index contributed by atoms with van der Waals surface area (Å²) in [6, 6.07) is 14.2. The van der Waals surface area contributed by atoms with Gasteiger partial charge in [-0.25, -0.2) is 0 Å².